The third-order valence-corrected chi connectivity index (χ3v) is 17.3. The maximum atomic E-state index is 7.05. The van der Waals surface area contributed by atoms with Crippen LogP contribution in [-0.4, -0.2) is 11.4 Å². The van der Waals surface area contributed by atoms with Crippen LogP contribution in [0.1, 0.15) is 78.0 Å². The summed E-state index contributed by atoms with van der Waals surface area (Å²) >= 11 is 1.89. The molecule has 3 aliphatic rings. The minimum Gasteiger partial charge on any atom is -0.456 e. The van der Waals surface area contributed by atoms with Gasteiger partial charge in [-0.15, -0.1) is 11.3 Å². The lowest BCUT2D eigenvalue weighted by Gasteiger charge is -2.42. The summed E-state index contributed by atoms with van der Waals surface area (Å²) in [5, 5.41) is 9.84. The van der Waals surface area contributed by atoms with Crippen LogP contribution in [0.15, 0.2) is 142 Å². The molecule has 1 aliphatic carbocycles. The number of anilines is 2. The third kappa shape index (κ3) is 4.75. The van der Waals surface area contributed by atoms with Gasteiger partial charge in [-0.25, -0.2) is 0 Å². The first-order valence-electron chi connectivity index (χ1n) is 23.6. The van der Waals surface area contributed by atoms with E-state index in [1.807, 2.05) is 11.3 Å². The molecule has 0 N–H and O–H groups in total. The molecule has 0 atom stereocenters. The van der Waals surface area contributed by atoms with Crippen LogP contribution in [0.3, 0.4) is 0 Å². The predicted molar refractivity (Wildman–Crippen MR) is 281 cm³/mol. The zero-order valence-electron chi connectivity index (χ0n) is 38.3. The van der Waals surface area contributed by atoms with E-state index >= 15 is 0 Å². The van der Waals surface area contributed by atoms with Crippen molar-refractivity contribution in [3.63, 3.8) is 0 Å². The Balaban J connectivity index is 1.10. The van der Waals surface area contributed by atoms with E-state index in [-0.39, 0.29) is 23.1 Å². The van der Waals surface area contributed by atoms with Crippen molar-refractivity contribution >= 4 is 126 Å². The molecule has 318 valence electrons. The third-order valence-electron chi connectivity index (χ3n) is 16.2. The normalized spacial score (nSPS) is 16.2. The minimum atomic E-state index is -0.154. The Hall–Kier alpha value is -6.76. The first-order chi connectivity index (χ1) is 31.8. The maximum absolute atomic E-state index is 7.05. The van der Waals surface area contributed by atoms with Crippen LogP contribution in [0.25, 0.3) is 103 Å². The zero-order chi connectivity index (χ0) is 44.3. The number of fused-ring (bicyclic) bond motifs is 18. The van der Waals surface area contributed by atoms with E-state index in [4.69, 9.17) is 8.83 Å². The highest BCUT2D eigenvalue weighted by atomic mass is 32.1. The number of aromatic nitrogens is 1. The fourth-order valence-corrected chi connectivity index (χ4v) is 13.7. The maximum Gasteiger partial charge on any atom is 0.333 e. The van der Waals surface area contributed by atoms with Gasteiger partial charge in [-0.1, -0.05) is 109 Å². The number of hydrogen-bond acceptors (Lipinski definition) is 4. The van der Waals surface area contributed by atoms with Gasteiger partial charge in [0.1, 0.15) is 22.3 Å². The second-order valence-corrected chi connectivity index (χ2v) is 23.0. The van der Waals surface area contributed by atoms with Gasteiger partial charge in [0.2, 0.25) is 0 Å². The molecule has 12 aromatic rings. The standard InChI is InChI=1S/C60H47BN2O2S/c1-58(2,3)32-16-18-33(19-17-32)63-48-31-53-40(41-25-44-45(29-51(41)65-53)60(6,7)23-22-59(44,4)5)24-38(48)36-20-21-37-39-28-55-43(35-13-9-11-15-54(35)66-55)27-47(39)62-49-26-42-34-12-8-10-14-50(34)64-52(42)30-46(49)61(63)56(36)57(37)62/h8-21,24-31H,22-23H2,1-7H3. The molecule has 0 saturated heterocycles. The van der Waals surface area contributed by atoms with Crippen molar-refractivity contribution in [2.75, 3.05) is 4.81 Å². The van der Waals surface area contributed by atoms with E-state index in [0.29, 0.717) is 0 Å². The van der Waals surface area contributed by atoms with Crippen LogP contribution < -0.4 is 15.7 Å². The molecule has 15 rings (SSSR count). The molecular formula is C60H47BN2O2S. The van der Waals surface area contributed by atoms with Gasteiger partial charge in [0.15, 0.2) is 0 Å². The Morgan fingerprint density at radius 1 is 0.530 bits per heavy atom. The van der Waals surface area contributed by atoms with E-state index < -0.39 is 0 Å². The lowest BCUT2D eigenvalue weighted by atomic mass is 9.44. The Morgan fingerprint density at radius 2 is 1.21 bits per heavy atom. The molecule has 66 heavy (non-hydrogen) atoms. The van der Waals surface area contributed by atoms with Gasteiger partial charge in [-0.2, -0.15) is 0 Å². The van der Waals surface area contributed by atoms with Crippen LogP contribution >= 0.6 is 11.3 Å². The molecule has 4 aromatic heterocycles. The molecule has 0 unspecified atom stereocenters. The number of nitrogens with zero attached hydrogens (tertiary/aromatic N) is 2. The van der Waals surface area contributed by atoms with Crippen LogP contribution in [0.5, 0.6) is 0 Å². The molecule has 4 nitrogen and oxygen atoms in total. The molecule has 2 aliphatic heterocycles. The first kappa shape index (κ1) is 37.5. The van der Waals surface area contributed by atoms with Crippen molar-refractivity contribution in [1.82, 2.24) is 4.57 Å². The first-order valence-corrected chi connectivity index (χ1v) is 24.5. The molecule has 0 saturated carbocycles. The zero-order valence-corrected chi connectivity index (χ0v) is 39.1. The Bertz CT molecular complexity index is 4170. The molecule has 6 heteroatoms. The van der Waals surface area contributed by atoms with Gasteiger partial charge in [0.05, 0.1) is 11.0 Å². The van der Waals surface area contributed by atoms with Gasteiger partial charge in [0.25, 0.3) is 0 Å². The molecule has 0 fully saturated rings. The van der Waals surface area contributed by atoms with Crippen molar-refractivity contribution in [2.24, 2.45) is 0 Å². The van der Waals surface area contributed by atoms with Gasteiger partial charge in [-0.05, 0) is 129 Å². The summed E-state index contributed by atoms with van der Waals surface area (Å²) < 4.78 is 19.1. The summed E-state index contributed by atoms with van der Waals surface area (Å²) in [4.78, 5) is 2.62. The summed E-state index contributed by atoms with van der Waals surface area (Å²) in [5.41, 5.74) is 19.2. The number of para-hydroxylation sites is 1. The average molecular weight is 871 g/mol. The number of benzene rings is 8. The van der Waals surface area contributed by atoms with Crippen LogP contribution in [-0.2, 0) is 16.2 Å². The summed E-state index contributed by atoms with van der Waals surface area (Å²) in [7, 11) is 0. The summed E-state index contributed by atoms with van der Waals surface area (Å²) in [6.45, 7) is 16.4. The summed E-state index contributed by atoms with van der Waals surface area (Å²) in [6.07, 6.45) is 2.33. The van der Waals surface area contributed by atoms with E-state index in [1.54, 1.807) is 0 Å². The van der Waals surface area contributed by atoms with Gasteiger partial charge >= 0.3 is 6.85 Å². The molecule has 0 amide bonds. The largest absolute Gasteiger partial charge is 0.456 e. The van der Waals surface area contributed by atoms with E-state index in [0.717, 1.165) is 50.9 Å². The number of furan rings is 2. The highest BCUT2D eigenvalue weighted by Crippen LogP contribution is 2.52. The van der Waals surface area contributed by atoms with Gasteiger partial charge < -0.3 is 18.2 Å². The lowest BCUT2D eigenvalue weighted by molar-refractivity contribution is 0.332. The fraction of sp³-hybridized carbons (Fsp3) is 0.200. The smallest absolute Gasteiger partial charge is 0.333 e. The summed E-state index contributed by atoms with van der Waals surface area (Å²) in [6, 6.07) is 51.0. The topological polar surface area (TPSA) is 34.5 Å². The average Bonchev–Trinajstić information content (AvgIpc) is 4.05. The van der Waals surface area contributed by atoms with Crippen LogP contribution in [0, 0.1) is 0 Å². The van der Waals surface area contributed by atoms with Gasteiger partial charge in [-0.3, -0.25) is 0 Å². The Morgan fingerprint density at radius 3 is 2.02 bits per heavy atom. The number of hydrogen-bond donors (Lipinski definition) is 0. The van der Waals surface area contributed by atoms with E-state index in [1.165, 1.54) is 104 Å². The van der Waals surface area contributed by atoms with Gasteiger partial charge in [0, 0.05) is 81.2 Å². The highest BCUT2D eigenvalue weighted by Gasteiger charge is 2.45. The molecular weight excluding hydrogens is 824 g/mol. The molecule has 0 radical (unpaired) electrons. The molecule has 0 bridgehead atoms. The number of thiophene rings is 1. The Labute approximate surface area is 387 Å². The van der Waals surface area contributed by atoms with Crippen molar-refractivity contribution < 1.29 is 8.83 Å². The fourth-order valence-electron chi connectivity index (χ4n) is 12.6. The monoisotopic (exact) mass is 870 g/mol. The molecule has 8 aromatic carbocycles. The van der Waals surface area contributed by atoms with Crippen LogP contribution in [0.4, 0.5) is 11.4 Å². The second kappa shape index (κ2) is 12.2. The van der Waals surface area contributed by atoms with E-state index in [9.17, 15) is 0 Å². The quantitative estimate of drug-likeness (QED) is 0.154. The predicted octanol–water partition coefficient (Wildman–Crippen LogP) is 15.8. The van der Waals surface area contributed by atoms with Crippen molar-refractivity contribution in [2.45, 2.75) is 77.6 Å². The number of rotatable bonds is 1. The second-order valence-electron chi connectivity index (χ2n) is 21.9. The minimum absolute atomic E-state index is 0.0180. The van der Waals surface area contributed by atoms with E-state index in [2.05, 4.69) is 191 Å². The lowest BCUT2D eigenvalue weighted by Crippen LogP contribution is -2.60. The highest BCUT2D eigenvalue weighted by molar-refractivity contribution is 7.25. The van der Waals surface area contributed by atoms with Crippen molar-refractivity contribution in [1.29, 1.82) is 0 Å². The van der Waals surface area contributed by atoms with Crippen molar-refractivity contribution in [3.8, 4) is 16.8 Å². The summed E-state index contributed by atoms with van der Waals surface area (Å²) in [5.74, 6) is 0. The molecule has 0 spiro atoms. The van der Waals surface area contributed by atoms with Crippen LogP contribution in [0.2, 0.25) is 0 Å². The molecule has 6 heterocycles. The SMILES string of the molecule is CC(C)(C)c1ccc(N2B3c4cc5oc6ccccc6c5cc4-n4c5cc6c(cc5c5ccc(c3c54)-c3cc4c(cc32)oc2cc3c(cc24)C(C)(C)CCC3(C)C)sc2ccccc26)cc1. The van der Waals surface area contributed by atoms with Crippen molar-refractivity contribution in [3.05, 3.63) is 150 Å². The Kier molecular flexibility index (Phi) is 6.91.